The van der Waals surface area contributed by atoms with Crippen LogP contribution in [0.3, 0.4) is 0 Å². The molecule has 1 saturated heterocycles. The zero-order chi connectivity index (χ0) is 13.7. The number of anilines is 1. The maximum Gasteiger partial charge on any atom is 0.356 e. The van der Waals surface area contributed by atoms with Crippen molar-refractivity contribution < 1.29 is 9.53 Å². The van der Waals surface area contributed by atoms with Crippen molar-refractivity contribution in [3.63, 3.8) is 0 Å². The van der Waals surface area contributed by atoms with Gasteiger partial charge in [-0.05, 0) is 50.9 Å². The lowest BCUT2D eigenvalue weighted by molar-refractivity contribution is 0.0594. The van der Waals surface area contributed by atoms with Gasteiger partial charge in [0.05, 0.1) is 7.11 Å². The Labute approximate surface area is 113 Å². The number of nitrogens with one attached hydrogen (secondary N) is 2. The van der Waals surface area contributed by atoms with Crippen molar-refractivity contribution >= 4 is 11.7 Å². The molecular weight excluding hydrogens is 242 g/mol. The Morgan fingerprint density at radius 3 is 3.16 bits per heavy atom. The Balaban J connectivity index is 1.99. The molecule has 104 valence electrons. The van der Waals surface area contributed by atoms with Crippen molar-refractivity contribution in [3.05, 3.63) is 24.0 Å². The number of nitrogens with zero attached hydrogens (tertiary/aromatic N) is 1. The average molecular weight is 263 g/mol. The number of piperidine rings is 1. The number of carbonyl (C=O) groups is 1. The fraction of sp³-hybridized carbons (Fsp3) is 0.571. The molecule has 0 aliphatic carbocycles. The van der Waals surface area contributed by atoms with Crippen LogP contribution in [0.4, 0.5) is 5.69 Å². The number of hydrogen-bond donors (Lipinski definition) is 2. The summed E-state index contributed by atoms with van der Waals surface area (Å²) in [5, 5.41) is 6.86. The fourth-order valence-corrected chi connectivity index (χ4v) is 2.42. The highest BCUT2D eigenvalue weighted by atomic mass is 16.5. The molecule has 5 heteroatoms. The highest BCUT2D eigenvalue weighted by Gasteiger charge is 2.20. The summed E-state index contributed by atoms with van der Waals surface area (Å²) in [7, 11) is 1.36. The summed E-state index contributed by atoms with van der Waals surface area (Å²) in [6, 6.07) is 3.97. The van der Waals surface area contributed by atoms with Gasteiger partial charge in [0.15, 0.2) is 0 Å². The second kappa shape index (κ2) is 6.52. The van der Waals surface area contributed by atoms with E-state index < -0.39 is 5.97 Å². The minimum absolute atomic E-state index is 0.335. The number of carbonyl (C=O) groups excluding carboxylic acids is 1. The van der Waals surface area contributed by atoms with E-state index in [0.29, 0.717) is 17.7 Å². The van der Waals surface area contributed by atoms with Crippen LogP contribution in [0.25, 0.3) is 0 Å². The highest BCUT2D eigenvalue weighted by molar-refractivity contribution is 5.88. The number of hydrogen-bond acceptors (Lipinski definition) is 5. The molecular formula is C14H21N3O2. The number of methoxy groups -OCH3 is 1. The lowest BCUT2D eigenvalue weighted by Gasteiger charge is -2.29. The minimum atomic E-state index is -0.407. The molecule has 0 bridgehead atoms. The van der Waals surface area contributed by atoms with Crippen molar-refractivity contribution in [1.29, 1.82) is 0 Å². The molecule has 19 heavy (non-hydrogen) atoms. The number of ether oxygens (including phenoxy) is 1. The number of esters is 1. The molecule has 1 aliphatic heterocycles. The molecule has 0 amide bonds. The topological polar surface area (TPSA) is 63.2 Å². The SMILES string of the molecule is COC(=O)c1cc(NC(C)C2CCCNC2)ccn1. The van der Waals surface area contributed by atoms with Gasteiger partial charge < -0.3 is 15.4 Å². The lowest BCUT2D eigenvalue weighted by Crippen LogP contribution is -2.38. The van der Waals surface area contributed by atoms with Gasteiger partial charge in [0.25, 0.3) is 0 Å². The molecule has 2 rings (SSSR count). The van der Waals surface area contributed by atoms with Gasteiger partial charge in [-0.25, -0.2) is 9.78 Å². The van der Waals surface area contributed by atoms with Crippen LogP contribution >= 0.6 is 0 Å². The van der Waals surface area contributed by atoms with Gasteiger partial charge in [-0.2, -0.15) is 0 Å². The summed E-state index contributed by atoms with van der Waals surface area (Å²) in [4.78, 5) is 15.4. The summed E-state index contributed by atoms with van der Waals surface area (Å²) >= 11 is 0. The summed E-state index contributed by atoms with van der Waals surface area (Å²) in [5.74, 6) is 0.208. The van der Waals surface area contributed by atoms with Crippen molar-refractivity contribution in [2.45, 2.75) is 25.8 Å². The van der Waals surface area contributed by atoms with Gasteiger partial charge >= 0.3 is 5.97 Å². The molecule has 2 atom stereocenters. The van der Waals surface area contributed by atoms with E-state index in [0.717, 1.165) is 18.8 Å². The zero-order valence-electron chi connectivity index (χ0n) is 11.5. The summed E-state index contributed by atoms with van der Waals surface area (Å²) < 4.78 is 4.67. The first-order valence-electron chi connectivity index (χ1n) is 6.72. The predicted molar refractivity (Wildman–Crippen MR) is 74.3 cm³/mol. The molecule has 0 spiro atoms. The normalized spacial score (nSPS) is 20.6. The molecule has 1 fully saturated rings. The number of pyridine rings is 1. The summed E-state index contributed by atoms with van der Waals surface area (Å²) in [6.07, 6.45) is 4.08. The Morgan fingerprint density at radius 1 is 1.63 bits per heavy atom. The van der Waals surface area contributed by atoms with E-state index in [1.807, 2.05) is 6.07 Å². The van der Waals surface area contributed by atoms with Crippen LogP contribution in [0.1, 0.15) is 30.3 Å². The monoisotopic (exact) mass is 263 g/mol. The van der Waals surface area contributed by atoms with Crippen LogP contribution in [0, 0.1) is 5.92 Å². The third kappa shape index (κ3) is 3.67. The van der Waals surface area contributed by atoms with Crippen molar-refractivity contribution in [3.8, 4) is 0 Å². The van der Waals surface area contributed by atoms with E-state index in [4.69, 9.17) is 0 Å². The Hall–Kier alpha value is -1.62. The first-order valence-corrected chi connectivity index (χ1v) is 6.72. The molecule has 0 radical (unpaired) electrons. The van der Waals surface area contributed by atoms with E-state index in [2.05, 4.69) is 27.3 Å². The van der Waals surface area contributed by atoms with Gasteiger partial charge in [-0.1, -0.05) is 0 Å². The quantitative estimate of drug-likeness (QED) is 0.809. The van der Waals surface area contributed by atoms with E-state index in [1.54, 1.807) is 12.3 Å². The van der Waals surface area contributed by atoms with Crippen LogP contribution in [-0.2, 0) is 4.74 Å². The molecule has 1 aliphatic rings. The second-order valence-corrected chi connectivity index (χ2v) is 4.96. The second-order valence-electron chi connectivity index (χ2n) is 4.96. The lowest BCUT2D eigenvalue weighted by atomic mass is 9.92. The minimum Gasteiger partial charge on any atom is -0.464 e. The van der Waals surface area contributed by atoms with Crippen LogP contribution in [0.15, 0.2) is 18.3 Å². The Bertz CT molecular complexity index is 430. The first-order chi connectivity index (χ1) is 9.20. The molecule has 2 N–H and O–H groups in total. The average Bonchev–Trinajstić information content (AvgIpc) is 2.47. The summed E-state index contributed by atoms with van der Waals surface area (Å²) in [5.41, 5.74) is 1.25. The van der Waals surface area contributed by atoms with Crippen molar-refractivity contribution in [1.82, 2.24) is 10.3 Å². The van der Waals surface area contributed by atoms with Crippen LogP contribution in [0.5, 0.6) is 0 Å². The maximum absolute atomic E-state index is 11.4. The number of rotatable bonds is 4. The fourth-order valence-electron chi connectivity index (χ4n) is 2.42. The van der Waals surface area contributed by atoms with E-state index in [1.165, 1.54) is 20.0 Å². The largest absolute Gasteiger partial charge is 0.464 e. The van der Waals surface area contributed by atoms with Crippen molar-refractivity contribution in [2.75, 3.05) is 25.5 Å². The van der Waals surface area contributed by atoms with Gasteiger partial charge in [-0.15, -0.1) is 0 Å². The standard InChI is InChI=1S/C14H21N3O2/c1-10(11-4-3-6-15-9-11)17-12-5-7-16-13(8-12)14(18)19-2/h5,7-8,10-11,15H,3-4,6,9H2,1-2H3,(H,16,17). The van der Waals surface area contributed by atoms with Crippen LogP contribution < -0.4 is 10.6 Å². The van der Waals surface area contributed by atoms with Crippen molar-refractivity contribution in [2.24, 2.45) is 5.92 Å². The van der Waals surface area contributed by atoms with Gasteiger partial charge in [-0.3, -0.25) is 0 Å². The molecule has 2 heterocycles. The molecule has 0 saturated carbocycles. The first kappa shape index (κ1) is 13.8. The van der Waals surface area contributed by atoms with E-state index in [9.17, 15) is 4.79 Å². The molecule has 1 aromatic heterocycles. The summed E-state index contributed by atoms with van der Waals surface area (Å²) in [6.45, 7) is 4.34. The molecule has 2 unspecified atom stereocenters. The van der Waals surface area contributed by atoms with E-state index in [-0.39, 0.29) is 0 Å². The predicted octanol–water partition coefficient (Wildman–Crippen LogP) is 1.67. The van der Waals surface area contributed by atoms with Gasteiger partial charge in [0, 0.05) is 17.9 Å². The highest BCUT2D eigenvalue weighted by Crippen LogP contribution is 2.19. The third-order valence-electron chi connectivity index (χ3n) is 3.59. The molecule has 5 nitrogen and oxygen atoms in total. The smallest absolute Gasteiger partial charge is 0.356 e. The maximum atomic E-state index is 11.4. The zero-order valence-corrected chi connectivity index (χ0v) is 11.5. The Morgan fingerprint density at radius 2 is 2.47 bits per heavy atom. The molecule has 1 aromatic rings. The Kier molecular flexibility index (Phi) is 4.74. The van der Waals surface area contributed by atoms with Crippen LogP contribution in [-0.4, -0.2) is 37.2 Å². The molecule has 0 aromatic carbocycles. The number of aromatic nitrogens is 1. The van der Waals surface area contributed by atoms with Crippen LogP contribution in [0.2, 0.25) is 0 Å². The van der Waals surface area contributed by atoms with E-state index >= 15 is 0 Å². The third-order valence-corrected chi connectivity index (χ3v) is 3.59. The van der Waals surface area contributed by atoms with Gasteiger partial charge in [0.1, 0.15) is 5.69 Å². The van der Waals surface area contributed by atoms with Gasteiger partial charge in [0.2, 0.25) is 0 Å².